The van der Waals surface area contributed by atoms with Crippen LogP contribution >= 0.6 is 0 Å². The first kappa shape index (κ1) is 21.6. The average molecular weight is 412 g/mol. The van der Waals surface area contributed by atoms with Crippen molar-refractivity contribution in [3.63, 3.8) is 0 Å². The van der Waals surface area contributed by atoms with Gasteiger partial charge in [-0.15, -0.1) is 0 Å². The molecule has 0 aliphatic rings. The maximum atomic E-state index is 12.6. The second kappa shape index (κ2) is 10.1. The molecule has 0 unspecified atom stereocenters. The summed E-state index contributed by atoms with van der Waals surface area (Å²) in [5, 5.41) is 20.6. The van der Waals surface area contributed by atoms with Gasteiger partial charge in [0, 0.05) is 17.0 Å². The Morgan fingerprint density at radius 1 is 1.00 bits per heavy atom. The lowest BCUT2D eigenvalue weighted by molar-refractivity contribution is 0.418. The summed E-state index contributed by atoms with van der Waals surface area (Å²) >= 11 is 0. The molecule has 3 N–H and O–H groups in total. The molecular weight excluding hydrogens is 382 g/mol. The van der Waals surface area contributed by atoms with Crippen molar-refractivity contribution < 1.29 is 14.9 Å². The number of benzene rings is 1. The highest BCUT2D eigenvalue weighted by Crippen LogP contribution is 2.33. The Morgan fingerprint density at radius 3 is 2.47 bits per heavy atom. The number of phenols is 1. The highest BCUT2D eigenvalue weighted by molar-refractivity contribution is 5.86. The second-order valence-electron chi connectivity index (χ2n) is 7.53. The summed E-state index contributed by atoms with van der Waals surface area (Å²) < 4.78 is 5.97. The van der Waals surface area contributed by atoms with Crippen LogP contribution in [0.5, 0.6) is 23.3 Å². The van der Waals surface area contributed by atoms with Crippen LogP contribution < -0.4 is 10.3 Å². The number of nitrogens with zero attached hydrogens (tertiary/aromatic N) is 2. The third-order valence-corrected chi connectivity index (χ3v) is 5.04. The van der Waals surface area contributed by atoms with Crippen LogP contribution in [0.4, 0.5) is 0 Å². The topological polar surface area (TPSA) is 108 Å². The number of hydrogen-bond acceptors (Lipinski definition) is 6. The van der Waals surface area contributed by atoms with Crippen molar-refractivity contribution in [3.8, 4) is 23.3 Å². The molecule has 0 atom stereocenters. The second-order valence-corrected chi connectivity index (χ2v) is 7.53. The van der Waals surface area contributed by atoms with E-state index >= 15 is 0 Å². The van der Waals surface area contributed by atoms with E-state index in [-0.39, 0.29) is 23.1 Å². The molecule has 160 valence electrons. The van der Waals surface area contributed by atoms with Crippen LogP contribution in [0, 0.1) is 0 Å². The fraction of sp³-hybridized carbons (Fsp3) is 0.435. The monoisotopic (exact) mass is 411 g/mol. The molecule has 0 saturated heterocycles. The Balaban J connectivity index is 1.96. The smallest absolute Gasteiger partial charge is 0.251 e. The molecule has 0 spiro atoms. The number of phenolic OH excluding ortho intramolecular Hbond substituents is 1. The van der Waals surface area contributed by atoms with Crippen molar-refractivity contribution in [1.82, 2.24) is 15.0 Å². The molecule has 0 aliphatic carbocycles. The molecule has 3 rings (SSSR count). The molecule has 0 amide bonds. The van der Waals surface area contributed by atoms with Gasteiger partial charge in [0.25, 0.3) is 5.56 Å². The van der Waals surface area contributed by atoms with E-state index in [1.807, 2.05) is 0 Å². The van der Waals surface area contributed by atoms with Crippen LogP contribution in [0.3, 0.4) is 0 Å². The Hall–Kier alpha value is -3.09. The predicted octanol–water partition coefficient (Wildman–Crippen LogP) is 4.99. The van der Waals surface area contributed by atoms with E-state index in [9.17, 15) is 15.0 Å². The van der Waals surface area contributed by atoms with Crippen molar-refractivity contribution in [3.05, 3.63) is 46.0 Å². The van der Waals surface area contributed by atoms with Crippen molar-refractivity contribution in [1.29, 1.82) is 0 Å². The maximum Gasteiger partial charge on any atom is 0.251 e. The number of unbranched alkanes of at least 4 members (excludes halogenated alkanes) is 4. The zero-order chi connectivity index (χ0) is 21.5. The van der Waals surface area contributed by atoms with Gasteiger partial charge >= 0.3 is 0 Å². The standard InChI is InChI=1S/C23H29N3O4/c1-3-5-7-9-15-11-16-12-17(27)13-19(21(16)26-22(15)29)30-23-18(10-8-6-4-2)25-20(28)14-24-23/h11-14,27H,3-10H2,1-2H3,(H,25,28)(H,26,29). The molecule has 0 fully saturated rings. The number of fused-ring (bicyclic) bond motifs is 1. The molecular formula is C23H29N3O4. The number of aromatic nitrogens is 3. The molecule has 1 aromatic carbocycles. The van der Waals surface area contributed by atoms with Gasteiger partial charge in [-0.1, -0.05) is 39.5 Å². The SMILES string of the molecule is CCCCCc1nc(O)cnc1Oc1cc(O)cc2cc(CCCCC)c(=O)[nH]c12. The van der Waals surface area contributed by atoms with E-state index in [1.54, 1.807) is 12.1 Å². The fourth-order valence-corrected chi connectivity index (χ4v) is 3.45. The summed E-state index contributed by atoms with van der Waals surface area (Å²) in [5.41, 5.74) is 1.57. The van der Waals surface area contributed by atoms with E-state index in [1.165, 1.54) is 12.3 Å². The Morgan fingerprint density at radius 2 is 1.73 bits per heavy atom. The van der Waals surface area contributed by atoms with Gasteiger partial charge in [0.05, 0.1) is 11.7 Å². The number of hydrogen-bond donors (Lipinski definition) is 3. The van der Waals surface area contributed by atoms with Gasteiger partial charge in [0.1, 0.15) is 11.4 Å². The van der Waals surface area contributed by atoms with E-state index in [0.717, 1.165) is 38.5 Å². The van der Waals surface area contributed by atoms with Crippen molar-refractivity contribution in [2.75, 3.05) is 0 Å². The summed E-state index contributed by atoms with van der Waals surface area (Å²) in [5.74, 6) is 0.408. The number of aromatic hydroxyl groups is 2. The first-order valence-corrected chi connectivity index (χ1v) is 10.6. The van der Waals surface area contributed by atoms with E-state index < -0.39 is 0 Å². The van der Waals surface area contributed by atoms with E-state index in [2.05, 4.69) is 28.8 Å². The highest BCUT2D eigenvalue weighted by atomic mass is 16.5. The number of aryl methyl sites for hydroxylation is 2. The maximum absolute atomic E-state index is 12.6. The quantitative estimate of drug-likeness (QED) is 0.406. The molecule has 7 nitrogen and oxygen atoms in total. The van der Waals surface area contributed by atoms with Crippen LogP contribution in [0.2, 0.25) is 0 Å². The summed E-state index contributed by atoms with van der Waals surface area (Å²) in [7, 11) is 0. The van der Waals surface area contributed by atoms with Gasteiger partial charge in [0.15, 0.2) is 5.75 Å². The van der Waals surface area contributed by atoms with Gasteiger partial charge in [-0.3, -0.25) is 4.79 Å². The van der Waals surface area contributed by atoms with Crippen LogP contribution in [-0.4, -0.2) is 25.2 Å². The van der Waals surface area contributed by atoms with Gasteiger partial charge in [-0.05, 0) is 37.8 Å². The molecule has 30 heavy (non-hydrogen) atoms. The molecule has 0 bridgehead atoms. The Kier molecular flexibility index (Phi) is 7.27. The lowest BCUT2D eigenvalue weighted by Gasteiger charge is -2.12. The van der Waals surface area contributed by atoms with Crippen LogP contribution in [0.1, 0.15) is 63.6 Å². The lowest BCUT2D eigenvalue weighted by atomic mass is 10.1. The van der Waals surface area contributed by atoms with Gasteiger partial charge in [-0.25, -0.2) is 9.97 Å². The lowest BCUT2D eigenvalue weighted by Crippen LogP contribution is -2.12. The third-order valence-electron chi connectivity index (χ3n) is 5.04. The zero-order valence-corrected chi connectivity index (χ0v) is 17.6. The zero-order valence-electron chi connectivity index (χ0n) is 17.6. The molecule has 2 heterocycles. The number of nitrogens with one attached hydrogen (secondary N) is 1. The van der Waals surface area contributed by atoms with E-state index in [4.69, 9.17) is 4.74 Å². The predicted molar refractivity (Wildman–Crippen MR) is 116 cm³/mol. The summed E-state index contributed by atoms with van der Waals surface area (Å²) in [6, 6.07) is 4.85. The van der Waals surface area contributed by atoms with E-state index in [0.29, 0.717) is 40.8 Å². The summed E-state index contributed by atoms with van der Waals surface area (Å²) in [6.45, 7) is 4.23. The summed E-state index contributed by atoms with van der Waals surface area (Å²) in [6.07, 6.45) is 8.58. The molecule has 3 aromatic rings. The normalized spacial score (nSPS) is 11.1. The van der Waals surface area contributed by atoms with Crippen LogP contribution in [0.25, 0.3) is 10.9 Å². The first-order chi connectivity index (χ1) is 14.5. The Labute approximate surface area is 175 Å². The number of rotatable bonds is 10. The molecule has 7 heteroatoms. The summed E-state index contributed by atoms with van der Waals surface area (Å²) in [4.78, 5) is 23.8. The number of pyridine rings is 1. The molecule has 2 aromatic heterocycles. The average Bonchev–Trinajstić information content (AvgIpc) is 2.71. The van der Waals surface area contributed by atoms with Gasteiger partial charge in [0.2, 0.25) is 11.8 Å². The van der Waals surface area contributed by atoms with Crippen molar-refractivity contribution in [2.45, 2.75) is 65.2 Å². The number of ether oxygens (including phenoxy) is 1. The van der Waals surface area contributed by atoms with Crippen LogP contribution in [0.15, 0.2) is 29.2 Å². The fourth-order valence-electron chi connectivity index (χ4n) is 3.45. The minimum absolute atomic E-state index is 0.0309. The highest BCUT2D eigenvalue weighted by Gasteiger charge is 2.15. The third kappa shape index (κ3) is 5.28. The Bertz CT molecular complexity index is 1060. The minimum Gasteiger partial charge on any atom is -0.508 e. The molecule has 0 saturated carbocycles. The number of aromatic amines is 1. The van der Waals surface area contributed by atoms with Crippen molar-refractivity contribution in [2.24, 2.45) is 0 Å². The minimum atomic E-state index is -0.167. The largest absolute Gasteiger partial charge is 0.508 e. The van der Waals surface area contributed by atoms with Crippen LogP contribution in [-0.2, 0) is 12.8 Å². The number of H-pyrrole nitrogens is 1. The molecule has 0 radical (unpaired) electrons. The molecule has 0 aliphatic heterocycles. The van der Waals surface area contributed by atoms with Gasteiger partial charge < -0.3 is 19.9 Å². The van der Waals surface area contributed by atoms with Crippen molar-refractivity contribution >= 4 is 10.9 Å². The first-order valence-electron chi connectivity index (χ1n) is 10.6. The van der Waals surface area contributed by atoms with Gasteiger partial charge in [-0.2, -0.15) is 0 Å².